The number of amides is 1. The molecule has 0 aromatic carbocycles. The van der Waals surface area contributed by atoms with Crippen LogP contribution in [0.4, 0.5) is 0 Å². The molecule has 24 heavy (non-hydrogen) atoms. The van der Waals surface area contributed by atoms with E-state index in [1.165, 1.54) is 11.3 Å². The van der Waals surface area contributed by atoms with E-state index < -0.39 is 0 Å². The molecule has 0 bridgehead atoms. The van der Waals surface area contributed by atoms with Crippen molar-refractivity contribution in [1.29, 1.82) is 0 Å². The Morgan fingerprint density at radius 3 is 2.88 bits per heavy atom. The minimum atomic E-state index is -0.155. The van der Waals surface area contributed by atoms with Crippen LogP contribution in [0.15, 0.2) is 15.4 Å². The van der Waals surface area contributed by atoms with E-state index in [2.05, 4.69) is 20.4 Å². The third-order valence-corrected chi connectivity index (χ3v) is 4.88. The van der Waals surface area contributed by atoms with Crippen LogP contribution in [-0.4, -0.2) is 27.6 Å². The minimum Gasteiger partial charge on any atom is -0.361 e. The summed E-state index contributed by atoms with van der Waals surface area (Å²) in [6.45, 7) is 6.10. The van der Waals surface area contributed by atoms with E-state index in [-0.39, 0.29) is 17.9 Å². The van der Waals surface area contributed by atoms with Gasteiger partial charge in [-0.2, -0.15) is 0 Å². The molecular weight excluding hydrogens is 328 g/mol. The Morgan fingerprint density at radius 1 is 1.38 bits per heavy atom. The van der Waals surface area contributed by atoms with Gasteiger partial charge in [-0.05, 0) is 26.3 Å². The monoisotopic (exact) mass is 346 g/mol. The lowest BCUT2D eigenvalue weighted by molar-refractivity contribution is -0.120. The Bertz CT molecular complexity index is 954. The zero-order valence-corrected chi connectivity index (χ0v) is 14.5. The molecule has 0 saturated heterocycles. The van der Waals surface area contributed by atoms with Gasteiger partial charge in [0.2, 0.25) is 5.91 Å². The number of aromatic nitrogens is 3. The number of nitrogens with zero attached hydrogens (tertiary/aromatic N) is 2. The fraction of sp³-hybridized carbons (Fsp3) is 0.375. The zero-order chi connectivity index (χ0) is 17.3. The number of carbonyl (C=O) groups is 1. The van der Waals surface area contributed by atoms with E-state index in [1.807, 2.05) is 13.8 Å². The number of rotatable bonds is 5. The molecule has 8 heteroatoms. The van der Waals surface area contributed by atoms with Crippen LogP contribution in [0.5, 0.6) is 0 Å². The molecule has 0 aliphatic carbocycles. The van der Waals surface area contributed by atoms with Gasteiger partial charge in [0.15, 0.2) is 0 Å². The van der Waals surface area contributed by atoms with Gasteiger partial charge in [-0.15, -0.1) is 11.3 Å². The van der Waals surface area contributed by atoms with Crippen molar-refractivity contribution < 1.29 is 9.32 Å². The lowest BCUT2D eigenvalue weighted by atomic mass is 10.2. The van der Waals surface area contributed by atoms with Crippen LogP contribution in [0, 0.1) is 20.8 Å². The minimum absolute atomic E-state index is 0.125. The quantitative estimate of drug-likeness (QED) is 0.733. The molecule has 0 spiro atoms. The van der Waals surface area contributed by atoms with Crippen LogP contribution < -0.4 is 10.9 Å². The molecule has 1 amide bonds. The van der Waals surface area contributed by atoms with Gasteiger partial charge >= 0.3 is 0 Å². The Balaban J connectivity index is 1.61. The van der Waals surface area contributed by atoms with Crippen LogP contribution in [0.2, 0.25) is 0 Å². The number of carbonyl (C=O) groups excluding carboxylic acids is 1. The van der Waals surface area contributed by atoms with E-state index >= 15 is 0 Å². The highest BCUT2D eigenvalue weighted by Gasteiger charge is 2.12. The molecule has 3 heterocycles. The van der Waals surface area contributed by atoms with Crippen LogP contribution >= 0.6 is 11.3 Å². The van der Waals surface area contributed by atoms with Gasteiger partial charge < -0.3 is 14.8 Å². The first-order valence-electron chi connectivity index (χ1n) is 7.62. The van der Waals surface area contributed by atoms with Crippen molar-refractivity contribution in [3.63, 3.8) is 0 Å². The number of aromatic amines is 1. The van der Waals surface area contributed by atoms with E-state index in [4.69, 9.17) is 4.52 Å². The number of aryl methyl sites for hydroxylation is 3. The maximum atomic E-state index is 12.2. The highest BCUT2D eigenvalue weighted by atomic mass is 32.1. The standard InChI is InChI=1S/C16H18N4O3S/c1-8-6-11(23-20-8)7-13(21)17-5-4-12-18-15(22)14-9(2)10(3)24-16(14)19-12/h6H,4-5,7H2,1-3H3,(H,17,21)(H,18,19,22). The second-order valence-electron chi connectivity index (χ2n) is 5.69. The van der Waals surface area contributed by atoms with Crippen molar-refractivity contribution in [1.82, 2.24) is 20.4 Å². The SMILES string of the molecule is Cc1cc(CC(=O)NCCc2nc3sc(C)c(C)c3c(=O)[nH]2)on1. The number of nitrogens with one attached hydrogen (secondary N) is 2. The molecule has 3 rings (SSSR count). The van der Waals surface area contributed by atoms with Crippen molar-refractivity contribution in [3.05, 3.63) is 44.1 Å². The summed E-state index contributed by atoms with van der Waals surface area (Å²) in [5, 5.41) is 7.19. The van der Waals surface area contributed by atoms with Gasteiger partial charge in [0.05, 0.1) is 17.5 Å². The summed E-state index contributed by atoms with van der Waals surface area (Å²) in [5.41, 5.74) is 1.60. The molecule has 3 aromatic heterocycles. The summed E-state index contributed by atoms with van der Waals surface area (Å²) in [6, 6.07) is 1.73. The predicted octanol–water partition coefficient (Wildman–Crippen LogP) is 1.80. The summed E-state index contributed by atoms with van der Waals surface area (Å²) >= 11 is 1.51. The lowest BCUT2D eigenvalue weighted by Gasteiger charge is -2.04. The average Bonchev–Trinajstić information content (AvgIpc) is 3.03. The largest absolute Gasteiger partial charge is 0.361 e. The Labute approximate surface area is 142 Å². The maximum absolute atomic E-state index is 12.2. The Hall–Kier alpha value is -2.48. The number of fused-ring (bicyclic) bond motifs is 1. The molecule has 0 radical (unpaired) electrons. The van der Waals surface area contributed by atoms with E-state index in [0.29, 0.717) is 29.9 Å². The molecule has 3 aromatic rings. The molecule has 0 fully saturated rings. The topological polar surface area (TPSA) is 101 Å². The van der Waals surface area contributed by atoms with Crippen LogP contribution in [0.1, 0.15) is 27.7 Å². The van der Waals surface area contributed by atoms with Crippen molar-refractivity contribution in [2.45, 2.75) is 33.6 Å². The van der Waals surface area contributed by atoms with E-state index in [0.717, 1.165) is 21.0 Å². The number of hydrogen-bond donors (Lipinski definition) is 2. The summed E-state index contributed by atoms with van der Waals surface area (Å²) in [6.07, 6.45) is 0.607. The highest BCUT2D eigenvalue weighted by Crippen LogP contribution is 2.25. The third kappa shape index (κ3) is 3.38. The summed E-state index contributed by atoms with van der Waals surface area (Å²) in [7, 11) is 0. The number of H-pyrrole nitrogens is 1. The van der Waals surface area contributed by atoms with E-state index in [1.54, 1.807) is 13.0 Å². The van der Waals surface area contributed by atoms with Crippen molar-refractivity contribution in [3.8, 4) is 0 Å². The molecule has 0 saturated carbocycles. The van der Waals surface area contributed by atoms with Crippen LogP contribution in [0.25, 0.3) is 10.2 Å². The lowest BCUT2D eigenvalue weighted by Crippen LogP contribution is -2.28. The first-order chi connectivity index (χ1) is 11.4. The highest BCUT2D eigenvalue weighted by molar-refractivity contribution is 7.18. The number of hydrogen-bond acceptors (Lipinski definition) is 6. The van der Waals surface area contributed by atoms with Gasteiger partial charge in [-0.3, -0.25) is 9.59 Å². The smallest absolute Gasteiger partial charge is 0.259 e. The molecule has 0 aliphatic rings. The van der Waals surface area contributed by atoms with Gasteiger partial charge in [0.25, 0.3) is 5.56 Å². The fourth-order valence-electron chi connectivity index (χ4n) is 2.46. The molecule has 0 atom stereocenters. The Kier molecular flexibility index (Phi) is 4.48. The van der Waals surface area contributed by atoms with Crippen molar-refractivity contribution >= 4 is 27.5 Å². The maximum Gasteiger partial charge on any atom is 0.259 e. The molecule has 7 nitrogen and oxygen atoms in total. The predicted molar refractivity (Wildman–Crippen MR) is 91.4 cm³/mol. The van der Waals surface area contributed by atoms with Gasteiger partial charge in [-0.25, -0.2) is 4.98 Å². The van der Waals surface area contributed by atoms with Gasteiger partial charge in [0.1, 0.15) is 16.4 Å². The molecule has 0 unspecified atom stereocenters. The summed E-state index contributed by atoms with van der Waals surface area (Å²) in [4.78, 5) is 33.1. The van der Waals surface area contributed by atoms with Crippen LogP contribution in [0.3, 0.4) is 0 Å². The number of thiophene rings is 1. The molecular formula is C16H18N4O3S. The summed E-state index contributed by atoms with van der Waals surface area (Å²) in [5.74, 6) is 0.949. The first kappa shape index (κ1) is 16.4. The molecule has 0 aliphatic heterocycles. The molecule has 2 N–H and O–H groups in total. The third-order valence-electron chi connectivity index (χ3n) is 3.78. The second-order valence-corrected chi connectivity index (χ2v) is 6.89. The molecule has 126 valence electrons. The van der Waals surface area contributed by atoms with Crippen molar-refractivity contribution in [2.24, 2.45) is 0 Å². The van der Waals surface area contributed by atoms with Crippen LogP contribution in [-0.2, 0) is 17.6 Å². The first-order valence-corrected chi connectivity index (χ1v) is 8.43. The Morgan fingerprint density at radius 2 is 2.17 bits per heavy atom. The average molecular weight is 346 g/mol. The van der Waals surface area contributed by atoms with Gasteiger partial charge in [-0.1, -0.05) is 5.16 Å². The van der Waals surface area contributed by atoms with E-state index in [9.17, 15) is 9.59 Å². The fourth-order valence-corrected chi connectivity index (χ4v) is 3.51. The summed E-state index contributed by atoms with van der Waals surface area (Å²) < 4.78 is 5.01. The normalized spacial score (nSPS) is 11.1. The second kappa shape index (κ2) is 6.56. The van der Waals surface area contributed by atoms with Gasteiger partial charge in [0, 0.05) is 23.9 Å². The van der Waals surface area contributed by atoms with Crippen molar-refractivity contribution in [2.75, 3.05) is 6.54 Å². The zero-order valence-electron chi connectivity index (χ0n) is 13.7.